The summed E-state index contributed by atoms with van der Waals surface area (Å²) in [6.07, 6.45) is 5.41. The van der Waals surface area contributed by atoms with Crippen LogP contribution in [-0.4, -0.2) is 6.54 Å². The Kier molecular flexibility index (Phi) is 5.87. The standard InChI is InChI=1S/C20H33N/c1-6-12-21-20(16-8-7-9-16)18-11-10-17(14(2)3)13-19(18)15(4)5/h10-11,13-16,20-21H,6-9,12H2,1-5H3. The van der Waals surface area contributed by atoms with Crippen LogP contribution in [-0.2, 0) is 0 Å². The quantitative estimate of drug-likeness (QED) is 0.671. The Balaban J connectivity index is 2.33. The van der Waals surface area contributed by atoms with Crippen LogP contribution in [0.4, 0.5) is 0 Å². The molecule has 2 rings (SSSR count). The smallest absolute Gasteiger partial charge is 0.0351 e. The number of hydrogen-bond acceptors (Lipinski definition) is 1. The first-order valence-electron chi connectivity index (χ1n) is 8.91. The number of nitrogens with one attached hydrogen (secondary N) is 1. The molecule has 0 radical (unpaired) electrons. The lowest BCUT2D eigenvalue weighted by Gasteiger charge is -2.36. The molecule has 1 saturated carbocycles. The van der Waals surface area contributed by atoms with Gasteiger partial charge in [0.25, 0.3) is 0 Å². The first-order chi connectivity index (χ1) is 10.0. The predicted octanol–water partition coefficient (Wildman–Crippen LogP) is 5.77. The van der Waals surface area contributed by atoms with Gasteiger partial charge in [0.1, 0.15) is 0 Å². The molecule has 1 unspecified atom stereocenters. The molecule has 1 aliphatic carbocycles. The second-order valence-electron chi connectivity index (χ2n) is 7.32. The molecular weight excluding hydrogens is 254 g/mol. The van der Waals surface area contributed by atoms with Crippen LogP contribution >= 0.6 is 0 Å². The lowest BCUT2D eigenvalue weighted by atomic mass is 9.75. The maximum absolute atomic E-state index is 3.83. The van der Waals surface area contributed by atoms with Gasteiger partial charge in [-0.2, -0.15) is 0 Å². The normalized spacial score (nSPS) is 17.3. The van der Waals surface area contributed by atoms with E-state index in [2.05, 4.69) is 58.1 Å². The van der Waals surface area contributed by atoms with Gasteiger partial charge in [-0.1, -0.05) is 59.2 Å². The summed E-state index contributed by atoms with van der Waals surface area (Å²) in [6, 6.07) is 7.79. The third-order valence-corrected chi connectivity index (χ3v) is 4.97. The van der Waals surface area contributed by atoms with Crippen LogP contribution in [0, 0.1) is 5.92 Å². The van der Waals surface area contributed by atoms with E-state index in [4.69, 9.17) is 0 Å². The van der Waals surface area contributed by atoms with E-state index >= 15 is 0 Å². The van der Waals surface area contributed by atoms with Crippen LogP contribution in [0.5, 0.6) is 0 Å². The molecule has 1 aliphatic rings. The highest BCUT2D eigenvalue weighted by Gasteiger charge is 2.29. The molecule has 0 bridgehead atoms. The lowest BCUT2D eigenvalue weighted by molar-refractivity contribution is 0.230. The summed E-state index contributed by atoms with van der Waals surface area (Å²) in [5.41, 5.74) is 4.60. The van der Waals surface area contributed by atoms with Crippen molar-refractivity contribution in [2.24, 2.45) is 5.92 Å². The number of rotatable bonds is 7. The van der Waals surface area contributed by atoms with Gasteiger partial charge in [-0.05, 0) is 60.3 Å². The van der Waals surface area contributed by atoms with E-state index in [0.717, 1.165) is 12.5 Å². The zero-order valence-corrected chi connectivity index (χ0v) is 14.6. The van der Waals surface area contributed by atoms with Crippen molar-refractivity contribution in [1.82, 2.24) is 5.32 Å². The van der Waals surface area contributed by atoms with Crippen LogP contribution in [0.25, 0.3) is 0 Å². The molecule has 0 aromatic heterocycles. The first kappa shape index (κ1) is 16.5. The van der Waals surface area contributed by atoms with E-state index in [1.165, 1.54) is 31.2 Å². The molecule has 0 saturated heterocycles. The van der Waals surface area contributed by atoms with E-state index in [1.807, 2.05) is 0 Å². The Hall–Kier alpha value is -0.820. The van der Waals surface area contributed by atoms with E-state index in [0.29, 0.717) is 17.9 Å². The molecular formula is C20H33N. The Morgan fingerprint density at radius 3 is 2.24 bits per heavy atom. The molecule has 1 atom stereocenters. The van der Waals surface area contributed by atoms with Gasteiger partial charge in [-0.3, -0.25) is 0 Å². The largest absolute Gasteiger partial charge is 0.310 e. The Bertz CT molecular complexity index is 443. The molecule has 118 valence electrons. The molecule has 0 amide bonds. The van der Waals surface area contributed by atoms with Crippen molar-refractivity contribution < 1.29 is 0 Å². The summed E-state index contributed by atoms with van der Waals surface area (Å²) in [7, 11) is 0. The van der Waals surface area contributed by atoms with E-state index in [1.54, 1.807) is 11.1 Å². The van der Waals surface area contributed by atoms with Crippen molar-refractivity contribution in [3.05, 3.63) is 34.9 Å². The Morgan fingerprint density at radius 2 is 1.76 bits per heavy atom. The van der Waals surface area contributed by atoms with Crippen LogP contribution in [0.3, 0.4) is 0 Å². The summed E-state index contributed by atoms with van der Waals surface area (Å²) in [6.45, 7) is 12.6. The zero-order valence-electron chi connectivity index (χ0n) is 14.6. The third kappa shape index (κ3) is 3.88. The molecule has 0 spiro atoms. The molecule has 1 aromatic rings. The fourth-order valence-corrected chi connectivity index (χ4v) is 3.34. The predicted molar refractivity (Wildman–Crippen MR) is 93.0 cm³/mol. The third-order valence-electron chi connectivity index (χ3n) is 4.97. The molecule has 1 fully saturated rings. The summed E-state index contributed by atoms with van der Waals surface area (Å²) in [4.78, 5) is 0. The lowest BCUT2D eigenvalue weighted by Crippen LogP contribution is -2.33. The summed E-state index contributed by atoms with van der Waals surface area (Å²) >= 11 is 0. The molecule has 1 aromatic carbocycles. The minimum atomic E-state index is 0.567. The SMILES string of the molecule is CCCNC(c1ccc(C(C)C)cc1C(C)C)C1CCC1. The van der Waals surface area contributed by atoms with E-state index < -0.39 is 0 Å². The summed E-state index contributed by atoms with van der Waals surface area (Å²) in [5.74, 6) is 2.06. The molecule has 1 nitrogen and oxygen atoms in total. The minimum absolute atomic E-state index is 0.567. The summed E-state index contributed by atoms with van der Waals surface area (Å²) < 4.78 is 0. The molecule has 0 aliphatic heterocycles. The van der Waals surface area contributed by atoms with Crippen molar-refractivity contribution >= 4 is 0 Å². The summed E-state index contributed by atoms with van der Waals surface area (Å²) in [5, 5.41) is 3.83. The van der Waals surface area contributed by atoms with Crippen LogP contribution in [0.15, 0.2) is 18.2 Å². The van der Waals surface area contributed by atoms with Crippen molar-refractivity contribution in [3.63, 3.8) is 0 Å². The van der Waals surface area contributed by atoms with Crippen molar-refractivity contribution in [3.8, 4) is 0 Å². The van der Waals surface area contributed by atoms with Gasteiger partial charge in [-0.25, -0.2) is 0 Å². The van der Waals surface area contributed by atoms with Crippen LogP contribution < -0.4 is 5.32 Å². The van der Waals surface area contributed by atoms with Gasteiger partial charge >= 0.3 is 0 Å². The van der Waals surface area contributed by atoms with Crippen molar-refractivity contribution in [2.75, 3.05) is 6.54 Å². The van der Waals surface area contributed by atoms with E-state index in [9.17, 15) is 0 Å². The fourth-order valence-electron chi connectivity index (χ4n) is 3.34. The second kappa shape index (κ2) is 7.45. The van der Waals surface area contributed by atoms with Gasteiger partial charge < -0.3 is 5.32 Å². The van der Waals surface area contributed by atoms with Gasteiger partial charge in [0, 0.05) is 6.04 Å². The molecule has 0 heterocycles. The maximum Gasteiger partial charge on any atom is 0.0351 e. The van der Waals surface area contributed by atoms with Crippen LogP contribution in [0.1, 0.15) is 94.9 Å². The number of hydrogen-bond donors (Lipinski definition) is 1. The average Bonchev–Trinajstić information content (AvgIpc) is 2.40. The first-order valence-corrected chi connectivity index (χ1v) is 8.91. The van der Waals surface area contributed by atoms with Gasteiger partial charge in [-0.15, -0.1) is 0 Å². The highest BCUT2D eigenvalue weighted by molar-refractivity contribution is 5.38. The minimum Gasteiger partial charge on any atom is -0.310 e. The highest BCUT2D eigenvalue weighted by Crippen LogP contribution is 2.40. The van der Waals surface area contributed by atoms with Crippen molar-refractivity contribution in [2.45, 2.75) is 78.2 Å². The Morgan fingerprint density at radius 1 is 1.05 bits per heavy atom. The van der Waals surface area contributed by atoms with Gasteiger partial charge in [0.05, 0.1) is 0 Å². The van der Waals surface area contributed by atoms with E-state index in [-0.39, 0.29) is 0 Å². The van der Waals surface area contributed by atoms with Crippen LogP contribution in [0.2, 0.25) is 0 Å². The topological polar surface area (TPSA) is 12.0 Å². The maximum atomic E-state index is 3.83. The highest BCUT2D eigenvalue weighted by atomic mass is 14.9. The van der Waals surface area contributed by atoms with Gasteiger partial charge in [0.15, 0.2) is 0 Å². The second-order valence-corrected chi connectivity index (χ2v) is 7.32. The zero-order chi connectivity index (χ0) is 15.4. The van der Waals surface area contributed by atoms with Gasteiger partial charge in [0.2, 0.25) is 0 Å². The molecule has 1 N–H and O–H groups in total. The van der Waals surface area contributed by atoms with Crippen molar-refractivity contribution in [1.29, 1.82) is 0 Å². The monoisotopic (exact) mass is 287 g/mol. The Labute approximate surface area is 131 Å². The average molecular weight is 287 g/mol. The number of benzene rings is 1. The fraction of sp³-hybridized carbons (Fsp3) is 0.700. The molecule has 21 heavy (non-hydrogen) atoms. The molecule has 1 heteroatoms.